The van der Waals surface area contributed by atoms with Crippen molar-refractivity contribution in [1.82, 2.24) is 29.7 Å². The van der Waals surface area contributed by atoms with Crippen LogP contribution in [-0.2, 0) is 6.54 Å². The molecule has 3 N–H and O–H groups in total. The normalized spacial score (nSPS) is 23.1. The molecule has 2 aromatic rings. The van der Waals surface area contributed by atoms with Gasteiger partial charge in [0.05, 0.1) is 12.1 Å². The van der Waals surface area contributed by atoms with E-state index in [0.29, 0.717) is 42.4 Å². The molecule has 8 nitrogen and oxygen atoms in total. The van der Waals surface area contributed by atoms with Gasteiger partial charge in [0.1, 0.15) is 5.52 Å². The molecule has 0 bridgehead atoms. The summed E-state index contributed by atoms with van der Waals surface area (Å²) < 4.78 is 42.0. The Hall–Kier alpha value is -2.14. The topological polar surface area (TPSA) is 82.9 Å². The predicted molar refractivity (Wildman–Crippen MR) is 123 cm³/mol. The molecule has 1 saturated carbocycles. The minimum atomic E-state index is -4.15. The molecule has 0 aromatic carbocycles. The minimum absolute atomic E-state index is 0.0764. The number of halogens is 3. The van der Waals surface area contributed by atoms with E-state index in [-0.39, 0.29) is 24.4 Å². The summed E-state index contributed by atoms with van der Waals surface area (Å²) in [6.07, 6.45) is -0.927. The predicted octanol–water partition coefficient (Wildman–Crippen LogP) is 3.47. The summed E-state index contributed by atoms with van der Waals surface area (Å²) in [5, 5.41) is 9.98. The van der Waals surface area contributed by atoms with Crippen LogP contribution in [0, 0.1) is 5.92 Å². The molecule has 4 rings (SSSR count). The highest BCUT2D eigenvalue weighted by Crippen LogP contribution is 2.38. The lowest BCUT2D eigenvalue weighted by Gasteiger charge is -2.31. The Kier molecular flexibility index (Phi) is 6.99. The van der Waals surface area contributed by atoms with Crippen molar-refractivity contribution in [1.29, 1.82) is 0 Å². The third kappa shape index (κ3) is 6.26. The lowest BCUT2D eigenvalue weighted by molar-refractivity contribution is -0.182. The summed E-state index contributed by atoms with van der Waals surface area (Å²) in [7, 11) is 0. The van der Waals surface area contributed by atoms with Gasteiger partial charge in [-0.15, -0.1) is 0 Å². The highest BCUT2D eigenvalue weighted by atomic mass is 19.4. The summed E-state index contributed by atoms with van der Waals surface area (Å²) in [4.78, 5) is 16.2. The van der Waals surface area contributed by atoms with Gasteiger partial charge in [0.25, 0.3) is 0 Å². The molecule has 0 spiro atoms. The molecular weight excluding hydrogens is 433 g/mol. The second-order valence-corrected chi connectivity index (χ2v) is 10.2. The Morgan fingerprint density at radius 1 is 1.09 bits per heavy atom. The molecule has 0 radical (unpaired) electrons. The number of piperazine rings is 1. The van der Waals surface area contributed by atoms with E-state index < -0.39 is 12.1 Å². The van der Waals surface area contributed by atoms with E-state index in [1.807, 2.05) is 25.3 Å². The molecule has 33 heavy (non-hydrogen) atoms. The Balaban J connectivity index is 1.59. The van der Waals surface area contributed by atoms with Gasteiger partial charge in [0, 0.05) is 50.8 Å². The first-order valence-electron chi connectivity index (χ1n) is 11.9. The van der Waals surface area contributed by atoms with Crippen LogP contribution in [-0.4, -0.2) is 74.9 Å². The first kappa shape index (κ1) is 24.0. The quantitative estimate of drug-likeness (QED) is 0.599. The zero-order chi connectivity index (χ0) is 23.6. The molecule has 1 saturated heterocycles. The van der Waals surface area contributed by atoms with Crippen molar-refractivity contribution < 1.29 is 13.2 Å². The van der Waals surface area contributed by atoms with Crippen LogP contribution >= 0.6 is 0 Å². The second-order valence-electron chi connectivity index (χ2n) is 10.2. The number of anilines is 2. The van der Waals surface area contributed by atoms with E-state index in [1.165, 1.54) is 0 Å². The molecular formula is C22H35F3N8. The van der Waals surface area contributed by atoms with Crippen molar-refractivity contribution >= 4 is 23.1 Å². The number of rotatable bonds is 6. The number of hydrogen-bond donors (Lipinski definition) is 3. The van der Waals surface area contributed by atoms with Crippen LogP contribution < -0.4 is 16.0 Å². The molecule has 2 fully saturated rings. The Morgan fingerprint density at radius 2 is 1.85 bits per heavy atom. The van der Waals surface area contributed by atoms with Crippen molar-refractivity contribution in [2.24, 2.45) is 5.92 Å². The van der Waals surface area contributed by atoms with Crippen LogP contribution in [0.3, 0.4) is 0 Å². The molecule has 3 heterocycles. The molecule has 2 aliphatic rings. The standard InChI is InChI=1S/C22H35F3N8/c1-21(2,3)31-19-27-14-17-18(30-19)33(12-11-32-9-7-26-8-10-32)20(29-17)28-16-6-4-5-15(13-16)22(23,24)25/h14-16,26H,4-13H2,1-3H3,(H,28,29)(H,27,30,31). The molecule has 2 unspecified atom stereocenters. The van der Waals surface area contributed by atoms with E-state index in [0.717, 1.165) is 32.7 Å². The van der Waals surface area contributed by atoms with E-state index in [2.05, 4.69) is 30.8 Å². The van der Waals surface area contributed by atoms with Crippen molar-refractivity contribution in [3.63, 3.8) is 0 Å². The van der Waals surface area contributed by atoms with Gasteiger partial charge in [-0.05, 0) is 40.0 Å². The second kappa shape index (κ2) is 9.61. The average molecular weight is 469 g/mol. The van der Waals surface area contributed by atoms with E-state index in [4.69, 9.17) is 4.98 Å². The van der Waals surface area contributed by atoms with Gasteiger partial charge in [-0.2, -0.15) is 18.2 Å². The average Bonchev–Trinajstić information content (AvgIpc) is 3.07. The number of imidazole rings is 1. The van der Waals surface area contributed by atoms with Gasteiger partial charge >= 0.3 is 6.18 Å². The van der Waals surface area contributed by atoms with E-state index in [9.17, 15) is 13.2 Å². The summed E-state index contributed by atoms with van der Waals surface area (Å²) in [5.74, 6) is -0.167. The van der Waals surface area contributed by atoms with Gasteiger partial charge < -0.3 is 16.0 Å². The highest BCUT2D eigenvalue weighted by Gasteiger charge is 2.42. The van der Waals surface area contributed by atoms with Crippen LogP contribution in [0.25, 0.3) is 11.2 Å². The van der Waals surface area contributed by atoms with Crippen molar-refractivity contribution in [3.8, 4) is 0 Å². The largest absolute Gasteiger partial charge is 0.391 e. The summed E-state index contributed by atoms with van der Waals surface area (Å²) in [6.45, 7) is 11.4. The SMILES string of the molecule is CC(C)(C)Nc1ncc2nc(NC3CCCC(C(F)(F)F)C3)n(CCN3CCNCC3)c2n1. The van der Waals surface area contributed by atoms with Gasteiger partial charge in [0.15, 0.2) is 5.65 Å². The zero-order valence-electron chi connectivity index (χ0n) is 19.7. The highest BCUT2D eigenvalue weighted by molar-refractivity contribution is 5.75. The zero-order valence-corrected chi connectivity index (χ0v) is 19.7. The maximum Gasteiger partial charge on any atom is 0.391 e. The van der Waals surface area contributed by atoms with Gasteiger partial charge in [-0.1, -0.05) is 6.42 Å². The molecule has 2 aromatic heterocycles. The van der Waals surface area contributed by atoms with Gasteiger partial charge in [-0.3, -0.25) is 9.47 Å². The van der Waals surface area contributed by atoms with Crippen LogP contribution in [0.1, 0.15) is 46.5 Å². The van der Waals surface area contributed by atoms with E-state index in [1.54, 1.807) is 6.20 Å². The number of nitrogens with zero attached hydrogens (tertiary/aromatic N) is 5. The van der Waals surface area contributed by atoms with Crippen molar-refractivity contribution in [3.05, 3.63) is 6.20 Å². The summed E-state index contributed by atoms with van der Waals surface area (Å²) in [6, 6.07) is -0.264. The van der Waals surface area contributed by atoms with Gasteiger partial charge in [-0.25, -0.2) is 9.97 Å². The number of hydrogen-bond acceptors (Lipinski definition) is 7. The van der Waals surface area contributed by atoms with Crippen molar-refractivity contribution in [2.45, 2.75) is 70.8 Å². The summed E-state index contributed by atoms with van der Waals surface area (Å²) >= 11 is 0. The van der Waals surface area contributed by atoms with E-state index >= 15 is 0 Å². The van der Waals surface area contributed by atoms with Crippen LogP contribution in [0.15, 0.2) is 6.20 Å². The third-order valence-electron chi connectivity index (χ3n) is 6.29. The fourth-order valence-electron chi connectivity index (χ4n) is 4.61. The number of alkyl halides is 3. The molecule has 0 amide bonds. The Labute approximate surface area is 192 Å². The van der Waals surface area contributed by atoms with Crippen LogP contribution in [0.2, 0.25) is 0 Å². The Morgan fingerprint density at radius 3 is 2.55 bits per heavy atom. The lowest BCUT2D eigenvalue weighted by Crippen LogP contribution is -2.44. The molecule has 1 aliphatic carbocycles. The third-order valence-corrected chi connectivity index (χ3v) is 6.29. The Bertz CT molecular complexity index is 930. The molecule has 2 atom stereocenters. The maximum atomic E-state index is 13.3. The number of aromatic nitrogens is 4. The smallest absolute Gasteiger partial charge is 0.353 e. The van der Waals surface area contributed by atoms with Crippen molar-refractivity contribution in [2.75, 3.05) is 43.4 Å². The lowest BCUT2D eigenvalue weighted by atomic mass is 9.85. The molecule has 11 heteroatoms. The summed E-state index contributed by atoms with van der Waals surface area (Å²) in [5.41, 5.74) is 1.13. The first-order chi connectivity index (χ1) is 15.6. The monoisotopic (exact) mass is 468 g/mol. The molecule has 1 aliphatic heterocycles. The maximum absolute atomic E-state index is 13.3. The minimum Gasteiger partial charge on any atom is -0.353 e. The first-order valence-corrected chi connectivity index (χ1v) is 11.9. The fraction of sp³-hybridized carbons (Fsp3) is 0.773. The molecule has 184 valence electrons. The van der Waals surface area contributed by atoms with Crippen LogP contribution in [0.5, 0.6) is 0 Å². The number of fused-ring (bicyclic) bond motifs is 1. The van der Waals surface area contributed by atoms with Crippen LogP contribution in [0.4, 0.5) is 25.1 Å². The van der Waals surface area contributed by atoms with Gasteiger partial charge in [0.2, 0.25) is 11.9 Å². The fourth-order valence-corrected chi connectivity index (χ4v) is 4.61. The number of nitrogens with one attached hydrogen (secondary N) is 3.